The molecule has 1 spiro atoms. The van der Waals surface area contributed by atoms with Crippen molar-refractivity contribution in [2.24, 2.45) is 5.92 Å². The zero-order chi connectivity index (χ0) is 20.2. The first-order valence-corrected chi connectivity index (χ1v) is 10.4. The molecule has 152 valence electrons. The first-order chi connectivity index (χ1) is 14.0. The third-order valence-corrected chi connectivity index (χ3v) is 6.77. The Balaban J connectivity index is 1.34. The molecule has 5 rings (SSSR count). The summed E-state index contributed by atoms with van der Waals surface area (Å²) in [6, 6.07) is 3.38. The van der Waals surface area contributed by atoms with Crippen LogP contribution in [-0.4, -0.2) is 50.7 Å². The van der Waals surface area contributed by atoms with Gasteiger partial charge in [-0.15, -0.1) is 4.37 Å². The van der Waals surface area contributed by atoms with Crippen molar-refractivity contribution < 1.29 is 32.6 Å². The molecule has 3 fully saturated rings. The number of aromatic nitrogens is 2. The average Bonchev–Trinajstić information content (AvgIpc) is 3.43. The Labute approximate surface area is 171 Å². The average molecular weight is 441 g/mol. The first kappa shape index (κ1) is 18.7. The minimum absolute atomic E-state index is 0.0113. The Hall–Kier alpha value is -2.31. The molecule has 0 saturated carbocycles. The zero-order valence-electron chi connectivity index (χ0n) is 14.7. The maximum absolute atomic E-state index is 13.9. The number of piperidine rings is 1. The lowest BCUT2D eigenvalue weighted by Gasteiger charge is -2.36. The van der Waals surface area contributed by atoms with Crippen LogP contribution < -0.4 is 4.74 Å². The molecule has 4 heterocycles. The minimum atomic E-state index is -1.58. The fourth-order valence-electron chi connectivity index (χ4n) is 3.82. The van der Waals surface area contributed by atoms with Crippen LogP contribution in [0.1, 0.15) is 12.0 Å². The van der Waals surface area contributed by atoms with Gasteiger partial charge in [0, 0.05) is 30.8 Å². The Bertz CT molecular complexity index is 987. The minimum Gasteiger partial charge on any atom is -0.461 e. The van der Waals surface area contributed by atoms with E-state index in [4.69, 9.17) is 14.2 Å². The fourth-order valence-corrected chi connectivity index (χ4v) is 5.33. The van der Waals surface area contributed by atoms with Crippen LogP contribution >= 0.6 is 23.5 Å². The van der Waals surface area contributed by atoms with Gasteiger partial charge in [-0.2, -0.15) is 4.37 Å². The molecule has 3 aliphatic heterocycles. The van der Waals surface area contributed by atoms with E-state index in [9.17, 15) is 18.4 Å². The number of carbonyl (C=O) groups is 2. The van der Waals surface area contributed by atoms with Gasteiger partial charge in [-0.05, 0) is 18.1 Å². The number of thioether (sulfide) groups is 1. The van der Waals surface area contributed by atoms with Crippen LogP contribution in [0.5, 0.6) is 5.88 Å². The smallest absolute Gasteiger partial charge is 0.422 e. The largest absolute Gasteiger partial charge is 0.461 e. The van der Waals surface area contributed by atoms with Gasteiger partial charge >= 0.3 is 17.8 Å². The second kappa shape index (κ2) is 6.89. The molecule has 0 radical (unpaired) electrons. The molecule has 0 N–H and O–H groups in total. The number of halogens is 2. The van der Waals surface area contributed by atoms with Crippen molar-refractivity contribution >= 4 is 35.4 Å². The van der Waals surface area contributed by atoms with Gasteiger partial charge in [0.2, 0.25) is 0 Å². The van der Waals surface area contributed by atoms with Crippen LogP contribution in [0.25, 0.3) is 0 Å². The van der Waals surface area contributed by atoms with E-state index in [1.807, 2.05) is 0 Å². The molecule has 3 atom stereocenters. The maximum Gasteiger partial charge on any atom is 0.422 e. The van der Waals surface area contributed by atoms with Gasteiger partial charge in [0.15, 0.2) is 11.1 Å². The van der Waals surface area contributed by atoms with E-state index in [1.165, 1.54) is 23.9 Å². The lowest BCUT2D eigenvalue weighted by molar-refractivity contribution is -0.273. The number of benzene rings is 1. The highest BCUT2D eigenvalue weighted by atomic mass is 32.2. The van der Waals surface area contributed by atoms with Crippen molar-refractivity contribution in [2.75, 3.05) is 13.1 Å². The first-order valence-electron chi connectivity index (χ1n) is 8.73. The molecule has 8 nitrogen and oxygen atoms in total. The summed E-state index contributed by atoms with van der Waals surface area (Å²) < 4.78 is 51.8. The predicted octanol–water partition coefficient (Wildman–Crippen LogP) is 1.95. The molecule has 2 aromatic rings. The lowest BCUT2D eigenvalue weighted by Crippen LogP contribution is -2.57. The van der Waals surface area contributed by atoms with E-state index >= 15 is 0 Å². The highest BCUT2D eigenvalue weighted by Crippen LogP contribution is 2.47. The van der Waals surface area contributed by atoms with E-state index in [0.29, 0.717) is 23.7 Å². The number of ether oxygens (including phenoxy) is 3. The molecular formula is C17H13F2N3O5S2. The molecule has 1 aromatic carbocycles. The van der Waals surface area contributed by atoms with Crippen molar-refractivity contribution in [1.29, 1.82) is 0 Å². The Morgan fingerprint density at radius 1 is 1.28 bits per heavy atom. The molecule has 0 amide bonds. The summed E-state index contributed by atoms with van der Waals surface area (Å²) in [7, 11) is 0. The Morgan fingerprint density at radius 3 is 2.83 bits per heavy atom. The number of rotatable bonds is 5. The van der Waals surface area contributed by atoms with Crippen molar-refractivity contribution in [2.45, 2.75) is 29.2 Å². The van der Waals surface area contributed by atoms with E-state index in [-0.39, 0.29) is 17.6 Å². The summed E-state index contributed by atoms with van der Waals surface area (Å²) in [4.78, 5) is 25.1. The fraction of sp³-hybridized carbons (Fsp3) is 0.412. The molecular weight excluding hydrogens is 428 g/mol. The molecule has 3 saturated heterocycles. The highest BCUT2D eigenvalue weighted by Gasteiger charge is 2.69. The van der Waals surface area contributed by atoms with Gasteiger partial charge < -0.3 is 14.2 Å². The van der Waals surface area contributed by atoms with E-state index in [1.54, 1.807) is 4.90 Å². The monoisotopic (exact) mass is 441 g/mol. The number of hydrogen-bond donors (Lipinski definition) is 0. The van der Waals surface area contributed by atoms with Crippen LogP contribution in [0.4, 0.5) is 8.78 Å². The van der Waals surface area contributed by atoms with Gasteiger partial charge in [0.25, 0.3) is 5.88 Å². The number of nitrogens with zero attached hydrogens (tertiary/aromatic N) is 3. The van der Waals surface area contributed by atoms with Gasteiger partial charge in [-0.1, -0.05) is 17.8 Å². The summed E-state index contributed by atoms with van der Waals surface area (Å²) >= 11 is 2.10. The molecule has 0 aliphatic carbocycles. The molecule has 1 aromatic heterocycles. The van der Waals surface area contributed by atoms with Crippen molar-refractivity contribution in [3.05, 3.63) is 35.4 Å². The summed E-state index contributed by atoms with van der Waals surface area (Å²) in [5.41, 5.74) is 0.316. The topological polar surface area (TPSA) is 90.8 Å². The molecule has 3 unspecified atom stereocenters. The Morgan fingerprint density at radius 2 is 2.07 bits per heavy atom. The van der Waals surface area contributed by atoms with Gasteiger partial charge in [-0.25, -0.2) is 23.3 Å². The number of hydrogen-bond acceptors (Lipinski definition) is 10. The zero-order valence-corrected chi connectivity index (χ0v) is 16.3. The van der Waals surface area contributed by atoms with Gasteiger partial charge in [0.05, 0.1) is 11.7 Å². The second-order valence-electron chi connectivity index (χ2n) is 6.84. The Kier molecular flexibility index (Phi) is 4.44. The number of esters is 2. The standard InChI is InChI=1S/C17H13F2N3O5S2/c18-10-2-1-9(11(19)5-10)7-28-14-13(20-29-21-14)25-12-8-3-4-22(6-8)17(12)26-15(23)16(24)27-17/h1-2,5,8,12H,3-4,6-7H2. The lowest BCUT2D eigenvalue weighted by atomic mass is 9.99. The van der Waals surface area contributed by atoms with Crippen LogP contribution in [-0.2, 0) is 24.8 Å². The molecule has 3 aliphatic rings. The second-order valence-corrected chi connectivity index (χ2v) is 8.33. The van der Waals surface area contributed by atoms with Crippen LogP contribution in [0.2, 0.25) is 0 Å². The third kappa shape index (κ3) is 3.06. The highest BCUT2D eigenvalue weighted by molar-refractivity contribution is 7.98. The van der Waals surface area contributed by atoms with E-state index in [0.717, 1.165) is 24.2 Å². The summed E-state index contributed by atoms with van der Waals surface area (Å²) in [6.07, 6.45) is 0.0555. The van der Waals surface area contributed by atoms with Crippen molar-refractivity contribution in [3.8, 4) is 5.88 Å². The number of fused-ring (bicyclic) bond motifs is 3. The van der Waals surface area contributed by atoms with Gasteiger partial charge in [0.1, 0.15) is 11.6 Å². The van der Waals surface area contributed by atoms with Crippen LogP contribution in [0.3, 0.4) is 0 Å². The number of carbonyl (C=O) groups excluding carboxylic acids is 2. The molecule has 29 heavy (non-hydrogen) atoms. The van der Waals surface area contributed by atoms with E-state index < -0.39 is 35.6 Å². The van der Waals surface area contributed by atoms with Crippen LogP contribution in [0.15, 0.2) is 23.2 Å². The summed E-state index contributed by atoms with van der Waals surface area (Å²) in [6.45, 7) is 1.18. The SMILES string of the molecule is O=C1OC2(OC1=O)C(Oc1nsnc1SCc1ccc(F)cc1F)C1CCN2C1. The summed E-state index contributed by atoms with van der Waals surface area (Å²) in [5.74, 6) is -4.59. The van der Waals surface area contributed by atoms with E-state index in [2.05, 4.69) is 8.75 Å². The third-order valence-electron chi connectivity index (χ3n) is 5.15. The molecule has 2 bridgehead atoms. The van der Waals surface area contributed by atoms with Crippen LogP contribution in [0, 0.1) is 17.6 Å². The molecule has 12 heteroatoms. The van der Waals surface area contributed by atoms with Crippen molar-refractivity contribution in [1.82, 2.24) is 13.6 Å². The quantitative estimate of drug-likeness (QED) is 0.392. The van der Waals surface area contributed by atoms with Crippen molar-refractivity contribution in [3.63, 3.8) is 0 Å². The normalized spacial score (nSPS) is 26.8. The maximum atomic E-state index is 13.9. The predicted molar refractivity (Wildman–Crippen MR) is 94.8 cm³/mol. The van der Waals surface area contributed by atoms with Gasteiger partial charge in [-0.3, -0.25) is 0 Å². The summed E-state index contributed by atoms with van der Waals surface area (Å²) in [5, 5.41) is 0.419.